The lowest BCUT2D eigenvalue weighted by Crippen LogP contribution is -2.25. The second-order valence-corrected chi connectivity index (χ2v) is 5.44. The first-order valence-corrected chi connectivity index (χ1v) is 7.19. The van der Waals surface area contributed by atoms with Gasteiger partial charge >= 0.3 is 5.97 Å². The second-order valence-electron chi connectivity index (χ2n) is 5.04. The number of aromatic nitrogens is 2. The summed E-state index contributed by atoms with van der Waals surface area (Å²) in [6.07, 6.45) is 5.69. The molecular weight excluding hydrogens is 290 g/mol. The lowest BCUT2D eigenvalue weighted by atomic mass is 10.2. The van der Waals surface area contributed by atoms with Gasteiger partial charge in [-0.3, -0.25) is 0 Å². The van der Waals surface area contributed by atoms with Crippen LogP contribution in [-0.2, 0) is 9.53 Å². The number of para-hydroxylation sites is 1. The standard InChI is InChI=1S/C15H16ClN3O2/c1-21-15(20)14(18-12-5-3-2-4-11(12)16)13-8-17-9-19(13)10-6-7-10/h2-5,8-10,14,18H,6-7H2,1H3. The molecule has 110 valence electrons. The van der Waals surface area contributed by atoms with Gasteiger partial charge in [0.25, 0.3) is 0 Å². The maximum atomic E-state index is 12.2. The molecule has 21 heavy (non-hydrogen) atoms. The highest BCUT2D eigenvalue weighted by molar-refractivity contribution is 6.33. The summed E-state index contributed by atoms with van der Waals surface area (Å²) < 4.78 is 6.95. The monoisotopic (exact) mass is 305 g/mol. The molecule has 1 unspecified atom stereocenters. The predicted octanol–water partition coefficient (Wildman–Crippen LogP) is 3.20. The van der Waals surface area contributed by atoms with Crippen LogP contribution in [0.3, 0.4) is 0 Å². The van der Waals surface area contributed by atoms with E-state index in [1.165, 1.54) is 7.11 Å². The molecule has 1 heterocycles. The fourth-order valence-corrected chi connectivity index (χ4v) is 2.49. The van der Waals surface area contributed by atoms with Gasteiger partial charge in [-0.05, 0) is 25.0 Å². The van der Waals surface area contributed by atoms with Crippen LogP contribution in [0, 0.1) is 0 Å². The van der Waals surface area contributed by atoms with E-state index in [9.17, 15) is 4.79 Å². The summed E-state index contributed by atoms with van der Waals surface area (Å²) in [5.41, 5.74) is 1.49. The quantitative estimate of drug-likeness (QED) is 0.862. The van der Waals surface area contributed by atoms with Crippen LogP contribution in [-0.4, -0.2) is 22.6 Å². The van der Waals surface area contributed by atoms with Gasteiger partial charge < -0.3 is 14.6 Å². The van der Waals surface area contributed by atoms with Gasteiger partial charge in [0.2, 0.25) is 0 Å². The molecule has 0 aliphatic heterocycles. The number of methoxy groups -OCH3 is 1. The Morgan fingerprint density at radius 3 is 2.90 bits per heavy atom. The molecular formula is C15H16ClN3O2. The van der Waals surface area contributed by atoms with Gasteiger partial charge in [-0.1, -0.05) is 23.7 Å². The number of benzene rings is 1. The number of halogens is 1. The van der Waals surface area contributed by atoms with Gasteiger partial charge in [0, 0.05) is 6.04 Å². The van der Waals surface area contributed by atoms with E-state index in [-0.39, 0.29) is 5.97 Å². The molecule has 0 spiro atoms. The fourth-order valence-electron chi connectivity index (χ4n) is 2.30. The van der Waals surface area contributed by atoms with Crippen molar-refractivity contribution in [3.8, 4) is 0 Å². The van der Waals surface area contributed by atoms with E-state index in [0.29, 0.717) is 16.8 Å². The summed E-state index contributed by atoms with van der Waals surface area (Å²) in [4.78, 5) is 16.3. The molecule has 1 aromatic carbocycles. The molecule has 1 aromatic heterocycles. The number of esters is 1. The van der Waals surface area contributed by atoms with Crippen molar-refractivity contribution in [3.63, 3.8) is 0 Å². The molecule has 2 aromatic rings. The fraction of sp³-hybridized carbons (Fsp3) is 0.333. The molecule has 5 nitrogen and oxygen atoms in total. The van der Waals surface area contributed by atoms with Crippen molar-refractivity contribution in [2.75, 3.05) is 12.4 Å². The van der Waals surface area contributed by atoms with Crippen molar-refractivity contribution in [1.82, 2.24) is 9.55 Å². The Hall–Kier alpha value is -2.01. The summed E-state index contributed by atoms with van der Waals surface area (Å²) >= 11 is 6.16. The number of anilines is 1. The molecule has 0 bridgehead atoms. The Bertz CT molecular complexity index is 652. The minimum Gasteiger partial charge on any atom is -0.467 e. The molecule has 3 rings (SSSR count). The number of imidazole rings is 1. The van der Waals surface area contributed by atoms with Gasteiger partial charge in [-0.15, -0.1) is 0 Å². The van der Waals surface area contributed by atoms with Crippen LogP contribution in [0.1, 0.15) is 30.6 Å². The van der Waals surface area contributed by atoms with Crippen LogP contribution in [0.15, 0.2) is 36.8 Å². The number of carbonyl (C=O) groups is 1. The Balaban J connectivity index is 1.93. The highest BCUT2D eigenvalue weighted by Crippen LogP contribution is 2.38. The molecule has 0 radical (unpaired) electrons. The van der Waals surface area contributed by atoms with Crippen molar-refractivity contribution >= 4 is 23.3 Å². The molecule has 0 saturated heterocycles. The maximum Gasteiger partial charge on any atom is 0.334 e. The highest BCUT2D eigenvalue weighted by Gasteiger charge is 2.31. The molecule has 6 heteroatoms. The summed E-state index contributed by atoms with van der Waals surface area (Å²) in [7, 11) is 1.38. The maximum absolute atomic E-state index is 12.2. The van der Waals surface area contributed by atoms with E-state index in [0.717, 1.165) is 18.5 Å². The third kappa shape index (κ3) is 2.88. The average Bonchev–Trinajstić information content (AvgIpc) is 3.23. The number of rotatable bonds is 5. The first kappa shape index (κ1) is 13.9. The first-order valence-electron chi connectivity index (χ1n) is 6.81. The number of carbonyl (C=O) groups excluding carboxylic acids is 1. The van der Waals surface area contributed by atoms with Crippen molar-refractivity contribution in [3.05, 3.63) is 47.5 Å². The van der Waals surface area contributed by atoms with Crippen LogP contribution in [0.5, 0.6) is 0 Å². The Morgan fingerprint density at radius 1 is 1.48 bits per heavy atom. The molecule has 0 amide bonds. The van der Waals surface area contributed by atoms with Gasteiger partial charge in [0.05, 0.1) is 36.0 Å². The van der Waals surface area contributed by atoms with Gasteiger partial charge in [0.1, 0.15) is 0 Å². The van der Waals surface area contributed by atoms with Crippen LogP contribution >= 0.6 is 11.6 Å². The normalized spacial score (nSPS) is 15.5. The number of ether oxygens (including phenoxy) is 1. The Morgan fingerprint density at radius 2 is 2.24 bits per heavy atom. The van der Waals surface area contributed by atoms with Crippen molar-refractivity contribution in [2.24, 2.45) is 0 Å². The first-order chi connectivity index (χ1) is 10.2. The largest absolute Gasteiger partial charge is 0.467 e. The molecule has 1 aliphatic rings. The van der Waals surface area contributed by atoms with E-state index in [1.807, 2.05) is 22.8 Å². The van der Waals surface area contributed by atoms with Gasteiger partial charge in [0.15, 0.2) is 6.04 Å². The highest BCUT2D eigenvalue weighted by atomic mass is 35.5. The summed E-state index contributed by atoms with van der Waals surface area (Å²) in [6.45, 7) is 0. The molecule has 1 saturated carbocycles. The number of hydrogen-bond acceptors (Lipinski definition) is 4. The zero-order valence-corrected chi connectivity index (χ0v) is 12.4. The van der Waals surface area contributed by atoms with Crippen molar-refractivity contribution < 1.29 is 9.53 Å². The van der Waals surface area contributed by atoms with Crippen molar-refractivity contribution in [2.45, 2.75) is 24.9 Å². The lowest BCUT2D eigenvalue weighted by molar-refractivity contribution is -0.141. The van der Waals surface area contributed by atoms with Gasteiger partial charge in [-0.25, -0.2) is 9.78 Å². The third-order valence-electron chi connectivity index (χ3n) is 3.54. The average molecular weight is 306 g/mol. The van der Waals surface area contributed by atoms with Crippen LogP contribution < -0.4 is 5.32 Å². The summed E-state index contributed by atoms with van der Waals surface area (Å²) in [5.74, 6) is -0.364. The Kier molecular flexibility index (Phi) is 3.84. The molecule has 1 atom stereocenters. The van der Waals surface area contributed by atoms with E-state index in [4.69, 9.17) is 16.3 Å². The SMILES string of the molecule is COC(=O)C(Nc1ccccc1Cl)c1cncn1C1CC1. The van der Waals surface area contributed by atoms with Crippen LogP contribution in [0.25, 0.3) is 0 Å². The van der Waals surface area contributed by atoms with E-state index < -0.39 is 6.04 Å². The van der Waals surface area contributed by atoms with Crippen LogP contribution in [0.4, 0.5) is 5.69 Å². The minimum absolute atomic E-state index is 0.364. The second kappa shape index (κ2) is 5.77. The predicted molar refractivity (Wildman–Crippen MR) is 80.3 cm³/mol. The topological polar surface area (TPSA) is 56.1 Å². The van der Waals surface area contributed by atoms with E-state index >= 15 is 0 Å². The zero-order chi connectivity index (χ0) is 14.8. The number of nitrogens with zero attached hydrogens (tertiary/aromatic N) is 2. The number of nitrogens with one attached hydrogen (secondary N) is 1. The molecule has 1 fully saturated rings. The smallest absolute Gasteiger partial charge is 0.334 e. The van der Waals surface area contributed by atoms with Crippen molar-refractivity contribution in [1.29, 1.82) is 0 Å². The third-order valence-corrected chi connectivity index (χ3v) is 3.87. The van der Waals surface area contributed by atoms with E-state index in [2.05, 4.69) is 10.3 Å². The summed E-state index contributed by atoms with van der Waals surface area (Å²) in [5, 5.41) is 3.72. The van der Waals surface area contributed by atoms with Crippen LogP contribution in [0.2, 0.25) is 5.02 Å². The minimum atomic E-state index is -0.627. The van der Waals surface area contributed by atoms with Gasteiger partial charge in [-0.2, -0.15) is 0 Å². The molecule has 1 aliphatic carbocycles. The molecule has 1 N–H and O–H groups in total. The Labute approximate surface area is 127 Å². The number of hydrogen-bond donors (Lipinski definition) is 1. The van der Waals surface area contributed by atoms with E-state index in [1.54, 1.807) is 18.6 Å². The summed E-state index contributed by atoms with van der Waals surface area (Å²) in [6, 6.07) is 7.11. The lowest BCUT2D eigenvalue weighted by Gasteiger charge is -2.20. The zero-order valence-electron chi connectivity index (χ0n) is 11.6.